The number of nitrogens with zero attached hydrogens (tertiary/aromatic N) is 6. The van der Waals surface area contributed by atoms with Crippen LogP contribution in [0.15, 0.2) is 18.3 Å². The maximum absolute atomic E-state index is 12.6. The molecule has 0 bridgehead atoms. The van der Waals surface area contributed by atoms with Gasteiger partial charge in [-0.3, -0.25) is 9.36 Å². The molecule has 1 aliphatic heterocycles. The molecule has 0 amide bonds. The van der Waals surface area contributed by atoms with Crippen LogP contribution in [0.2, 0.25) is 5.15 Å². The molecule has 2 aromatic heterocycles. The van der Waals surface area contributed by atoms with Crippen LogP contribution in [0.5, 0.6) is 0 Å². The van der Waals surface area contributed by atoms with Crippen molar-refractivity contribution in [2.75, 3.05) is 17.4 Å². The van der Waals surface area contributed by atoms with Crippen molar-refractivity contribution >= 4 is 27.6 Å². The number of anilines is 1. The predicted octanol–water partition coefficient (Wildman–Crippen LogP) is 0.374. The smallest absolute Gasteiger partial charge is 0.257 e. The molecule has 0 unspecified atom stereocenters. The van der Waals surface area contributed by atoms with E-state index in [4.69, 9.17) is 11.6 Å². The first-order valence-electron chi connectivity index (χ1n) is 6.34. The second kappa shape index (κ2) is 5.00. The topological polar surface area (TPSA) is 76.3 Å². The lowest BCUT2D eigenvalue weighted by Gasteiger charge is -2.19. The van der Waals surface area contributed by atoms with E-state index in [0.29, 0.717) is 29.8 Å². The first-order valence-corrected chi connectivity index (χ1v) is 8.11. The summed E-state index contributed by atoms with van der Waals surface area (Å²) in [6.07, 6.45) is 1.58. The normalized spacial score (nSPS) is 18.5. The van der Waals surface area contributed by atoms with Crippen LogP contribution in [0.3, 0.4) is 0 Å². The zero-order valence-corrected chi connectivity index (χ0v) is 13.2. The molecule has 0 N–H and O–H groups in total. The summed E-state index contributed by atoms with van der Waals surface area (Å²) in [5.74, 6) is 0.552. The minimum absolute atomic E-state index is 0.206. The van der Waals surface area contributed by atoms with Crippen molar-refractivity contribution in [3.05, 3.63) is 29.2 Å². The predicted molar refractivity (Wildman–Crippen MR) is 78.1 cm³/mol. The highest BCUT2D eigenvalue weighted by atomic mass is 35.5. The summed E-state index contributed by atoms with van der Waals surface area (Å²) in [6, 6.07) is 3.35. The van der Waals surface area contributed by atoms with Gasteiger partial charge in [-0.2, -0.15) is 22.9 Å². The van der Waals surface area contributed by atoms with E-state index in [1.54, 1.807) is 37.1 Å². The van der Waals surface area contributed by atoms with E-state index >= 15 is 0 Å². The van der Waals surface area contributed by atoms with Crippen molar-refractivity contribution in [2.24, 2.45) is 14.1 Å². The molecule has 0 saturated carbocycles. The van der Waals surface area contributed by atoms with Gasteiger partial charge in [0.25, 0.3) is 0 Å². The molecule has 8 nitrogen and oxygen atoms in total. The Morgan fingerprint density at radius 3 is 2.62 bits per heavy atom. The van der Waals surface area contributed by atoms with Crippen LogP contribution in [0.1, 0.15) is 5.69 Å². The summed E-state index contributed by atoms with van der Waals surface area (Å²) < 4.78 is 31.0. The molecule has 2 aromatic rings. The van der Waals surface area contributed by atoms with Gasteiger partial charge in [-0.15, -0.1) is 0 Å². The van der Waals surface area contributed by atoms with Gasteiger partial charge in [0.2, 0.25) is 0 Å². The van der Waals surface area contributed by atoms with E-state index < -0.39 is 10.2 Å². The van der Waals surface area contributed by atoms with Crippen molar-refractivity contribution in [1.29, 1.82) is 0 Å². The third-order valence-corrected chi connectivity index (χ3v) is 5.66. The molecular weight excluding hydrogens is 316 g/mol. The molecule has 114 valence electrons. The molecule has 3 heterocycles. The average molecular weight is 331 g/mol. The second-order valence-electron chi connectivity index (χ2n) is 4.81. The van der Waals surface area contributed by atoms with Crippen LogP contribution < -0.4 is 4.31 Å². The van der Waals surface area contributed by atoms with Crippen molar-refractivity contribution in [1.82, 2.24) is 23.9 Å². The molecule has 21 heavy (non-hydrogen) atoms. The summed E-state index contributed by atoms with van der Waals surface area (Å²) in [5, 5.41) is 8.67. The molecule has 0 atom stereocenters. The van der Waals surface area contributed by atoms with Gasteiger partial charge in [-0.1, -0.05) is 11.6 Å². The second-order valence-corrected chi connectivity index (χ2v) is 7.05. The molecule has 0 aliphatic carbocycles. The van der Waals surface area contributed by atoms with Gasteiger partial charge < -0.3 is 0 Å². The van der Waals surface area contributed by atoms with E-state index in [1.807, 2.05) is 0 Å². The Morgan fingerprint density at radius 2 is 2.05 bits per heavy atom. The fraction of sp³-hybridized carbons (Fsp3) is 0.455. The Bertz CT molecular complexity index is 748. The van der Waals surface area contributed by atoms with Crippen LogP contribution >= 0.6 is 11.6 Å². The fourth-order valence-corrected chi connectivity index (χ4v) is 4.11. The number of halogens is 1. The molecule has 3 rings (SSSR count). The first-order chi connectivity index (χ1) is 9.89. The fourth-order valence-electron chi connectivity index (χ4n) is 2.34. The van der Waals surface area contributed by atoms with E-state index in [-0.39, 0.29) is 6.54 Å². The quantitative estimate of drug-likeness (QED) is 0.815. The monoisotopic (exact) mass is 330 g/mol. The van der Waals surface area contributed by atoms with Gasteiger partial charge >= 0.3 is 10.2 Å². The van der Waals surface area contributed by atoms with Crippen LogP contribution in [-0.2, 0) is 30.8 Å². The largest absolute Gasteiger partial charge is 0.305 e. The lowest BCUT2D eigenvalue weighted by atomic mass is 10.4. The van der Waals surface area contributed by atoms with Crippen LogP contribution in [0.25, 0.3) is 0 Å². The van der Waals surface area contributed by atoms with Gasteiger partial charge in [0.15, 0.2) is 0 Å². The van der Waals surface area contributed by atoms with Crippen molar-refractivity contribution in [3.63, 3.8) is 0 Å². The minimum Gasteiger partial charge on any atom is -0.257 e. The highest BCUT2D eigenvalue weighted by Gasteiger charge is 2.38. The van der Waals surface area contributed by atoms with Crippen LogP contribution in [0.4, 0.5) is 5.82 Å². The Hall–Kier alpha value is -1.58. The summed E-state index contributed by atoms with van der Waals surface area (Å²) >= 11 is 5.93. The maximum atomic E-state index is 12.6. The van der Waals surface area contributed by atoms with E-state index in [0.717, 1.165) is 0 Å². The molecule has 1 saturated heterocycles. The first kappa shape index (κ1) is 14.4. The maximum Gasteiger partial charge on any atom is 0.305 e. The van der Waals surface area contributed by atoms with E-state index in [9.17, 15) is 8.42 Å². The summed E-state index contributed by atoms with van der Waals surface area (Å²) in [7, 11) is -0.133. The summed E-state index contributed by atoms with van der Waals surface area (Å²) in [4.78, 5) is 0. The highest BCUT2D eigenvalue weighted by Crippen LogP contribution is 2.25. The van der Waals surface area contributed by atoms with Gasteiger partial charge in [0.05, 0.1) is 25.0 Å². The van der Waals surface area contributed by atoms with E-state index in [1.165, 1.54) is 13.3 Å². The lowest BCUT2D eigenvalue weighted by Crippen LogP contribution is -2.33. The molecule has 0 spiro atoms. The number of hydrogen-bond donors (Lipinski definition) is 0. The number of aryl methyl sites for hydroxylation is 2. The lowest BCUT2D eigenvalue weighted by molar-refractivity contribution is 0.439. The minimum atomic E-state index is -3.56. The molecule has 0 aromatic carbocycles. The van der Waals surface area contributed by atoms with Crippen molar-refractivity contribution < 1.29 is 8.42 Å². The average Bonchev–Trinajstić information content (AvgIpc) is 3.03. The number of rotatable bonds is 3. The molecular formula is C11H15ClN6O2S. The Kier molecular flexibility index (Phi) is 3.42. The highest BCUT2D eigenvalue weighted by molar-refractivity contribution is 7.90. The van der Waals surface area contributed by atoms with Crippen molar-refractivity contribution in [2.45, 2.75) is 6.54 Å². The van der Waals surface area contributed by atoms with Crippen LogP contribution in [0, 0.1) is 0 Å². The summed E-state index contributed by atoms with van der Waals surface area (Å²) in [6.45, 7) is 1.00. The Balaban J connectivity index is 1.85. The molecule has 1 aliphatic rings. The van der Waals surface area contributed by atoms with Gasteiger partial charge in [-0.05, 0) is 6.07 Å². The van der Waals surface area contributed by atoms with Crippen LogP contribution in [-0.4, -0.2) is 45.4 Å². The Morgan fingerprint density at radius 1 is 1.29 bits per heavy atom. The third-order valence-electron chi connectivity index (χ3n) is 3.42. The molecule has 1 fully saturated rings. The van der Waals surface area contributed by atoms with E-state index in [2.05, 4.69) is 10.2 Å². The molecule has 0 radical (unpaired) electrons. The van der Waals surface area contributed by atoms with Crippen molar-refractivity contribution in [3.8, 4) is 0 Å². The Labute approximate surface area is 127 Å². The van der Waals surface area contributed by atoms with Gasteiger partial charge in [-0.25, -0.2) is 4.31 Å². The standard InChI is InChI=1S/C11H15ClN6O2S/c1-15-10(12)7-9(14-15)8-17-5-6-18(21(17,19)20)11-3-4-13-16(11)2/h3-4,7H,5-6,8H2,1-2H3. The van der Waals surface area contributed by atoms with Gasteiger partial charge in [0, 0.05) is 26.7 Å². The number of hydrogen-bond acceptors (Lipinski definition) is 4. The third kappa shape index (κ3) is 2.41. The van der Waals surface area contributed by atoms with Gasteiger partial charge in [0.1, 0.15) is 11.0 Å². The summed E-state index contributed by atoms with van der Waals surface area (Å²) in [5.41, 5.74) is 0.623. The molecule has 10 heteroatoms. The number of aromatic nitrogens is 4. The SMILES string of the molecule is Cn1nc(CN2CCN(c3ccnn3C)S2(=O)=O)cc1Cl. The zero-order valence-electron chi connectivity index (χ0n) is 11.6. The zero-order chi connectivity index (χ0) is 15.2.